The zero-order valence-electron chi connectivity index (χ0n) is 10.0. The first-order valence-electron chi connectivity index (χ1n) is 6.06. The smallest absolute Gasteiger partial charge is 0.251 e. The maximum atomic E-state index is 11.7. The van der Waals surface area contributed by atoms with E-state index in [1.807, 2.05) is 17.6 Å². The number of hydrogen-bond donors (Lipinski definition) is 1. The molecule has 1 amide bonds. The van der Waals surface area contributed by atoms with Crippen LogP contribution in [0.15, 0.2) is 41.9 Å². The largest absolute Gasteiger partial charge is 0.348 e. The van der Waals surface area contributed by atoms with Crippen molar-refractivity contribution in [2.24, 2.45) is 0 Å². The molecule has 0 spiro atoms. The van der Waals surface area contributed by atoms with Crippen molar-refractivity contribution in [3.63, 3.8) is 0 Å². The van der Waals surface area contributed by atoms with Gasteiger partial charge in [-0.25, -0.2) is 4.98 Å². The van der Waals surface area contributed by atoms with E-state index in [1.54, 1.807) is 11.3 Å². The molecule has 2 heterocycles. The fraction of sp³-hybridized carbons (Fsp3) is 0.0667. The van der Waals surface area contributed by atoms with Gasteiger partial charge in [0.2, 0.25) is 0 Å². The number of aromatic nitrogens is 1. The van der Waals surface area contributed by atoms with Crippen LogP contribution in [0.4, 0.5) is 0 Å². The van der Waals surface area contributed by atoms with Gasteiger partial charge in [-0.3, -0.25) is 4.79 Å². The topological polar surface area (TPSA) is 42.0 Å². The third kappa shape index (κ3) is 1.64. The van der Waals surface area contributed by atoms with Crippen LogP contribution in [0.1, 0.15) is 15.9 Å². The number of nitrogens with zero attached hydrogens (tertiary/aromatic N) is 1. The first kappa shape index (κ1) is 10.7. The van der Waals surface area contributed by atoms with E-state index in [9.17, 15) is 4.79 Å². The maximum absolute atomic E-state index is 11.7. The molecule has 4 heteroatoms. The molecule has 0 saturated carbocycles. The highest BCUT2D eigenvalue weighted by Crippen LogP contribution is 2.28. The lowest BCUT2D eigenvalue weighted by Crippen LogP contribution is -2.12. The molecule has 1 N–H and O–H groups in total. The molecule has 3 nitrogen and oxygen atoms in total. The number of thiazole rings is 1. The molecular formula is C15H10N2OS. The van der Waals surface area contributed by atoms with Crippen molar-refractivity contribution in [1.29, 1.82) is 0 Å². The summed E-state index contributed by atoms with van der Waals surface area (Å²) in [6.45, 7) is 0.638. The van der Waals surface area contributed by atoms with Crippen LogP contribution >= 0.6 is 11.3 Å². The van der Waals surface area contributed by atoms with Crippen LogP contribution in [0.2, 0.25) is 0 Å². The van der Waals surface area contributed by atoms with Crippen molar-refractivity contribution < 1.29 is 4.79 Å². The minimum absolute atomic E-state index is 0.0200. The Kier molecular flexibility index (Phi) is 2.19. The highest BCUT2D eigenvalue weighted by atomic mass is 32.1. The van der Waals surface area contributed by atoms with Gasteiger partial charge in [0.15, 0.2) is 0 Å². The van der Waals surface area contributed by atoms with E-state index in [0.717, 1.165) is 27.8 Å². The van der Waals surface area contributed by atoms with E-state index >= 15 is 0 Å². The summed E-state index contributed by atoms with van der Waals surface area (Å²) < 4.78 is 1.18. The predicted molar refractivity (Wildman–Crippen MR) is 76.2 cm³/mol. The SMILES string of the molecule is O=C1NCc2ccc(-c3ccc4scnc4c3)cc21. The first-order valence-corrected chi connectivity index (χ1v) is 6.94. The summed E-state index contributed by atoms with van der Waals surface area (Å²) in [7, 11) is 0. The average Bonchev–Trinajstić information content (AvgIpc) is 3.05. The molecule has 0 fully saturated rings. The second-order valence-corrected chi connectivity index (χ2v) is 5.48. The van der Waals surface area contributed by atoms with Crippen molar-refractivity contribution in [2.75, 3.05) is 0 Å². The molecule has 0 aliphatic carbocycles. The van der Waals surface area contributed by atoms with Crippen LogP contribution in [-0.4, -0.2) is 10.9 Å². The van der Waals surface area contributed by atoms with Crippen LogP contribution in [-0.2, 0) is 6.54 Å². The Morgan fingerprint density at radius 3 is 2.89 bits per heavy atom. The van der Waals surface area contributed by atoms with Crippen molar-refractivity contribution >= 4 is 27.5 Å². The molecule has 2 aromatic carbocycles. The monoisotopic (exact) mass is 266 g/mol. The fourth-order valence-electron chi connectivity index (χ4n) is 2.43. The third-order valence-electron chi connectivity index (χ3n) is 3.46. The van der Waals surface area contributed by atoms with Gasteiger partial charge in [0.05, 0.1) is 15.7 Å². The van der Waals surface area contributed by atoms with Crippen LogP contribution in [0.3, 0.4) is 0 Å². The summed E-state index contributed by atoms with van der Waals surface area (Å²) in [5.74, 6) is 0.0200. The van der Waals surface area contributed by atoms with Gasteiger partial charge < -0.3 is 5.32 Å². The highest BCUT2D eigenvalue weighted by molar-refractivity contribution is 7.16. The molecule has 0 bridgehead atoms. The minimum Gasteiger partial charge on any atom is -0.348 e. The molecule has 0 radical (unpaired) electrons. The number of nitrogens with one attached hydrogen (secondary N) is 1. The van der Waals surface area contributed by atoms with Gasteiger partial charge in [-0.1, -0.05) is 18.2 Å². The molecule has 19 heavy (non-hydrogen) atoms. The minimum atomic E-state index is 0.0200. The van der Waals surface area contributed by atoms with Gasteiger partial charge in [-0.15, -0.1) is 11.3 Å². The third-order valence-corrected chi connectivity index (χ3v) is 4.27. The first-order chi connectivity index (χ1) is 9.31. The van der Waals surface area contributed by atoms with Crippen molar-refractivity contribution in [3.05, 3.63) is 53.0 Å². The summed E-state index contributed by atoms with van der Waals surface area (Å²) in [6, 6.07) is 12.3. The highest BCUT2D eigenvalue weighted by Gasteiger charge is 2.18. The van der Waals surface area contributed by atoms with Gasteiger partial charge in [-0.2, -0.15) is 0 Å². The Labute approximate surface area is 113 Å². The summed E-state index contributed by atoms with van der Waals surface area (Å²) in [5.41, 5.74) is 6.88. The Morgan fingerprint density at radius 1 is 1.11 bits per heavy atom. The molecule has 3 aromatic rings. The molecule has 1 aromatic heterocycles. The van der Waals surface area contributed by atoms with Crippen molar-refractivity contribution in [1.82, 2.24) is 10.3 Å². The van der Waals surface area contributed by atoms with Crippen LogP contribution in [0.25, 0.3) is 21.3 Å². The summed E-state index contributed by atoms with van der Waals surface area (Å²) in [6.07, 6.45) is 0. The molecule has 0 atom stereocenters. The molecule has 1 aliphatic rings. The van der Waals surface area contributed by atoms with E-state index in [-0.39, 0.29) is 5.91 Å². The second kappa shape index (κ2) is 3.90. The summed E-state index contributed by atoms with van der Waals surface area (Å²) in [4.78, 5) is 16.0. The van der Waals surface area contributed by atoms with E-state index in [4.69, 9.17) is 0 Å². The van der Waals surface area contributed by atoms with E-state index in [1.165, 1.54) is 4.70 Å². The lowest BCUT2D eigenvalue weighted by molar-refractivity contribution is 0.0966. The van der Waals surface area contributed by atoms with Gasteiger partial charge in [0.1, 0.15) is 0 Å². The Hall–Kier alpha value is -2.20. The lowest BCUT2D eigenvalue weighted by Gasteiger charge is -2.04. The summed E-state index contributed by atoms with van der Waals surface area (Å²) >= 11 is 1.64. The lowest BCUT2D eigenvalue weighted by atomic mass is 10.0. The molecular weight excluding hydrogens is 256 g/mol. The fourth-order valence-corrected chi connectivity index (χ4v) is 3.09. The van der Waals surface area contributed by atoms with Crippen molar-refractivity contribution in [2.45, 2.75) is 6.54 Å². The predicted octanol–water partition coefficient (Wildman–Crippen LogP) is 3.21. The number of rotatable bonds is 1. The van der Waals surface area contributed by atoms with Crippen LogP contribution < -0.4 is 5.32 Å². The second-order valence-electron chi connectivity index (χ2n) is 4.59. The molecule has 0 saturated heterocycles. The summed E-state index contributed by atoms with van der Waals surface area (Å²) in [5, 5.41) is 2.84. The van der Waals surface area contributed by atoms with Gasteiger partial charge in [0, 0.05) is 12.1 Å². The van der Waals surface area contributed by atoms with Gasteiger partial charge >= 0.3 is 0 Å². The normalized spacial score (nSPS) is 13.6. The molecule has 92 valence electrons. The van der Waals surface area contributed by atoms with E-state index < -0.39 is 0 Å². The number of benzene rings is 2. The average molecular weight is 266 g/mol. The van der Waals surface area contributed by atoms with E-state index in [0.29, 0.717) is 6.54 Å². The number of amides is 1. The van der Waals surface area contributed by atoms with Crippen LogP contribution in [0, 0.1) is 0 Å². The van der Waals surface area contributed by atoms with Gasteiger partial charge in [0.25, 0.3) is 5.91 Å². The Balaban J connectivity index is 1.87. The van der Waals surface area contributed by atoms with E-state index in [2.05, 4.69) is 34.6 Å². The molecule has 0 unspecified atom stereocenters. The number of carbonyl (C=O) groups excluding carboxylic acids is 1. The van der Waals surface area contributed by atoms with Crippen LogP contribution in [0.5, 0.6) is 0 Å². The Bertz CT molecular complexity index is 807. The molecule has 4 rings (SSSR count). The number of fused-ring (bicyclic) bond motifs is 2. The van der Waals surface area contributed by atoms with Gasteiger partial charge in [-0.05, 0) is 34.9 Å². The number of carbonyl (C=O) groups is 1. The Morgan fingerprint density at radius 2 is 1.95 bits per heavy atom. The quantitative estimate of drug-likeness (QED) is 0.735. The number of hydrogen-bond acceptors (Lipinski definition) is 3. The zero-order valence-corrected chi connectivity index (χ0v) is 10.8. The maximum Gasteiger partial charge on any atom is 0.251 e. The standard InChI is InChI=1S/C15H10N2OS/c18-15-12-5-9(1-2-11(12)7-16-15)10-3-4-14-13(6-10)17-8-19-14/h1-6,8H,7H2,(H,16,18). The van der Waals surface area contributed by atoms with Crippen molar-refractivity contribution in [3.8, 4) is 11.1 Å². The molecule has 1 aliphatic heterocycles. The zero-order chi connectivity index (χ0) is 12.8.